The smallest absolute Gasteiger partial charge is 0.314 e. The first-order valence-electron chi connectivity index (χ1n) is 10.4. The van der Waals surface area contributed by atoms with Crippen molar-refractivity contribution in [2.24, 2.45) is 11.3 Å². The molecule has 4 rings (SSSR count). The monoisotopic (exact) mass is 419 g/mol. The predicted molar refractivity (Wildman–Crippen MR) is 105 cm³/mol. The van der Waals surface area contributed by atoms with Crippen molar-refractivity contribution < 1.29 is 22.7 Å². The van der Waals surface area contributed by atoms with Crippen LogP contribution in [0.5, 0.6) is 0 Å². The minimum atomic E-state index is -2.78. The fourth-order valence-corrected chi connectivity index (χ4v) is 4.68. The number of ether oxygens (including phenoxy) is 1. The molecule has 2 aromatic heterocycles. The van der Waals surface area contributed by atoms with Gasteiger partial charge >= 0.3 is 12.4 Å². The number of pyridine rings is 1. The van der Waals surface area contributed by atoms with E-state index in [2.05, 4.69) is 15.2 Å². The standard InChI is InChI=1S/C22H27F2N3O3/c1-21(2,3)30-20(28)15-10-22(11-15)8-6-13(7-9-22)16-5-4-14(12-25-16)18-26-27-19(29-18)17(23)24/h4-5,12-13,15,17H,6-11H2,1-3H3. The molecule has 0 atom stereocenters. The van der Waals surface area contributed by atoms with Crippen LogP contribution in [0.1, 0.15) is 83.2 Å². The Balaban J connectivity index is 1.31. The fourth-order valence-electron chi connectivity index (χ4n) is 4.68. The van der Waals surface area contributed by atoms with E-state index >= 15 is 0 Å². The highest BCUT2D eigenvalue weighted by atomic mass is 19.3. The van der Waals surface area contributed by atoms with E-state index in [9.17, 15) is 13.6 Å². The van der Waals surface area contributed by atoms with Gasteiger partial charge in [-0.15, -0.1) is 10.2 Å². The second-order valence-electron chi connectivity index (χ2n) is 9.63. The molecule has 30 heavy (non-hydrogen) atoms. The first-order valence-corrected chi connectivity index (χ1v) is 10.4. The molecule has 2 aliphatic rings. The van der Waals surface area contributed by atoms with Gasteiger partial charge in [-0.2, -0.15) is 8.78 Å². The molecule has 1 spiro atoms. The minimum absolute atomic E-state index is 0.0331. The van der Waals surface area contributed by atoms with Crippen molar-refractivity contribution in [3.05, 3.63) is 29.9 Å². The Morgan fingerprint density at radius 2 is 1.90 bits per heavy atom. The third kappa shape index (κ3) is 4.37. The van der Waals surface area contributed by atoms with Crippen molar-refractivity contribution in [1.82, 2.24) is 15.2 Å². The van der Waals surface area contributed by atoms with Gasteiger partial charge < -0.3 is 9.15 Å². The van der Waals surface area contributed by atoms with Crippen molar-refractivity contribution in [2.45, 2.75) is 77.2 Å². The van der Waals surface area contributed by atoms with Gasteiger partial charge in [0.05, 0.1) is 11.5 Å². The molecule has 0 bridgehead atoms. The highest BCUT2D eigenvalue weighted by Crippen LogP contribution is 2.57. The van der Waals surface area contributed by atoms with Gasteiger partial charge in [-0.05, 0) is 76.8 Å². The van der Waals surface area contributed by atoms with Gasteiger partial charge in [0.2, 0.25) is 5.89 Å². The normalized spacial score (nSPS) is 26.6. The van der Waals surface area contributed by atoms with Crippen LogP contribution in [0.4, 0.5) is 8.78 Å². The van der Waals surface area contributed by atoms with Crippen molar-refractivity contribution >= 4 is 5.97 Å². The van der Waals surface area contributed by atoms with Gasteiger partial charge in [-0.1, -0.05) is 0 Å². The van der Waals surface area contributed by atoms with Crippen LogP contribution in [-0.4, -0.2) is 26.8 Å². The minimum Gasteiger partial charge on any atom is -0.460 e. The molecule has 0 amide bonds. The Kier molecular flexibility index (Phi) is 5.36. The van der Waals surface area contributed by atoms with E-state index in [1.165, 1.54) is 0 Å². The van der Waals surface area contributed by atoms with E-state index in [0.29, 0.717) is 11.5 Å². The zero-order chi connectivity index (χ0) is 21.5. The fraction of sp³-hybridized carbons (Fsp3) is 0.636. The number of alkyl halides is 2. The summed E-state index contributed by atoms with van der Waals surface area (Å²) >= 11 is 0. The summed E-state index contributed by atoms with van der Waals surface area (Å²) in [7, 11) is 0. The number of hydrogen-bond donors (Lipinski definition) is 0. The molecule has 162 valence electrons. The molecule has 2 saturated carbocycles. The first-order chi connectivity index (χ1) is 14.1. The van der Waals surface area contributed by atoms with Crippen LogP contribution in [0, 0.1) is 11.3 Å². The molecular formula is C22H27F2N3O3. The quantitative estimate of drug-likeness (QED) is 0.612. The van der Waals surface area contributed by atoms with Crippen LogP contribution < -0.4 is 0 Å². The second-order valence-corrected chi connectivity index (χ2v) is 9.63. The van der Waals surface area contributed by atoms with Crippen LogP contribution in [0.25, 0.3) is 11.5 Å². The Morgan fingerprint density at radius 3 is 2.43 bits per heavy atom. The summed E-state index contributed by atoms with van der Waals surface area (Å²) < 4.78 is 35.7. The zero-order valence-corrected chi connectivity index (χ0v) is 17.5. The lowest BCUT2D eigenvalue weighted by atomic mass is 9.54. The Hall–Kier alpha value is -2.38. The summed E-state index contributed by atoms with van der Waals surface area (Å²) in [4.78, 5) is 16.8. The number of hydrogen-bond acceptors (Lipinski definition) is 6. The number of carbonyl (C=O) groups excluding carboxylic acids is 1. The SMILES string of the molecule is CC(C)(C)OC(=O)C1CC2(CCC(c3ccc(-c4nnc(C(F)F)o4)cn3)CC2)C1. The van der Waals surface area contributed by atoms with E-state index in [1.54, 1.807) is 12.3 Å². The van der Waals surface area contributed by atoms with Crippen LogP contribution in [-0.2, 0) is 9.53 Å². The van der Waals surface area contributed by atoms with E-state index in [-0.39, 0.29) is 23.2 Å². The van der Waals surface area contributed by atoms with E-state index in [4.69, 9.17) is 9.15 Å². The van der Waals surface area contributed by atoms with Gasteiger partial charge in [0, 0.05) is 17.8 Å². The number of aromatic nitrogens is 3. The molecule has 0 unspecified atom stereocenters. The molecule has 0 radical (unpaired) electrons. The third-order valence-electron chi connectivity index (χ3n) is 6.22. The molecule has 0 aromatic carbocycles. The second kappa shape index (κ2) is 7.71. The van der Waals surface area contributed by atoms with Crippen molar-refractivity contribution in [3.63, 3.8) is 0 Å². The molecule has 2 fully saturated rings. The summed E-state index contributed by atoms with van der Waals surface area (Å²) in [5.74, 6) is -0.301. The van der Waals surface area contributed by atoms with Gasteiger partial charge in [-0.3, -0.25) is 9.78 Å². The molecular weight excluding hydrogens is 392 g/mol. The average molecular weight is 419 g/mol. The maximum atomic E-state index is 12.6. The maximum Gasteiger partial charge on any atom is 0.314 e. The highest BCUT2D eigenvalue weighted by Gasteiger charge is 2.49. The molecule has 8 heteroatoms. The lowest BCUT2D eigenvalue weighted by Crippen LogP contribution is -2.45. The van der Waals surface area contributed by atoms with E-state index in [1.807, 2.05) is 26.8 Å². The Labute approximate surface area is 174 Å². The number of halogens is 2. The summed E-state index contributed by atoms with van der Waals surface area (Å²) in [6.45, 7) is 5.71. The maximum absolute atomic E-state index is 12.6. The molecule has 0 saturated heterocycles. The summed E-state index contributed by atoms with van der Waals surface area (Å²) in [6.07, 6.45) is 4.89. The first kappa shape index (κ1) is 20.9. The topological polar surface area (TPSA) is 78.1 Å². The van der Waals surface area contributed by atoms with Gasteiger partial charge in [0.15, 0.2) is 0 Å². The third-order valence-corrected chi connectivity index (χ3v) is 6.22. The number of nitrogens with zero attached hydrogens (tertiary/aromatic N) is 3. The van der Waals surface area contributed by atoms with E-state index < -0.39 is 17.9 Å². The number of rotatable bonds is 4. The van der Waals surface area contributed by atoms with Gasteiger partial charge in [0.1, 0.15) is 5.60 Å². The zero-order valence-electron chi connectivity index (χ0n) is 17.5. The largest absolute Gasteiger partial charge is 0.460 e. The molecule has 2 aromatic rings. The molecule has 2 heterocycles. The van der Waals surface area contributed by atoms with Crippen molar-refractivity contribution in [1.29, 1.82) is 0 Å². The molecule has 2 aliphatic carbocycles. The number of esters is 1. The van der Waals surface area contributed by atoms with Crippen LogP contribution >= 0.6 is 0 Å². The van der Waals surface area contributed by atoms with Gasteiger partial charge in [-0.25, -0.2) is 0 Å². The molecule has 0 N–H and O–H groups in total. The summed E-state index contributed by atoms with van der Waals surface area (Å²) in [6, 6.07) is 3.70. The van der Waals surface area contributed by atoms with Gasteiger partial charge in [0.25, 0.3) is 5.89 Å². The Morgan fingerprint density at radius 1 is 1.20 bits per heavy atom. The molecule has 0 aliphatic heterocycles. The predicted octanol–water partition coefficient (Wildman–Crippen LogP) is 5.46. The highest BCUT2D eigenvalue weighted by molar-refractivity contribution is 5.74. The Bertz CT molecular complexity index is 889. The van der Waals surface area contributed by atoms with Crippen molar-refractivity contribution in [3.8, 4) is 11.5 Å². The van der Waals surface area contributed by atoms with Crippen molar-refractivity contribution in [2.75, 3.05) is 0 Å². The van der Waals surface area contributed by atoms with Crippen LogP contribution in [0.15, 0.2) is 22.7 Å². The lowest BCUT2D eigenvalue weighted by molar-refractivity contribution is -0.170. The van der Waals surface area contributed by atoms with E-state index in [0.717, 1.165) is 44.2 Å². The average Bonchev–Trinajstić information content (AvgIpc) is 3.15. The van der Waals surface area contributed by atoms with Crippen LogP contribution in [0.3, 0.4) is 0 Å². The van der Waals surface area contributed by atoms with Crippen LogP contribution in [0.2, 0.25) is 0 Å². The summed E-state index contributed by atoms with van der Waals surface area (Å²) in [5, 5.41) is 7.00. The summed E-state index contributed by atoms with van der Waals surface area (Å²) in [5.41, 5.74) is 1.36. The molecule has 6 nitrogen and oxygen atoms in total. The lowest BCUT2D eigenvalue weighted by Gasteiger charge is -2.50. The number of carbonyl (C=O) groups is 1.